The largest absolute Gasteiger partial charge is 0.381 e. The van der Waals surface area contributed by atoms with Crippen LogP contribution >= 0.6 is 27.5 Å². The maximum atomic E-state index is 6.37. The molecular weight excluding hydrogens is 302 g/mol. The molecule has 4 heteroatoms. The van der Waals surface area contributed by atoms with Crippen LogP contribution in [0.1, 0.15) is 24.9 Å². The van der Waals surface area contributed by atoms with Crippen molar-refractivity contribution in [2.24, 2.45) is 5.92 Å². The standard InChI is InChI=1S/C13H17BrClNO/c1-2-16-13(9-6-7-17-8-9)10-4-3-5-11(14)12(10)15/h3-5,9,13,16H,2,6-8H2,1H3. The maximum absolute atomic E-state index is 6.37. The van der Waals surface area contributed by atoms with Crippen molar-refractivity contribution < 1.29 is 4.74 Å². The van der Waals surface area contributed by atoms with Crippen LogP contribution in [-0.2, 0) is 4.74 Å². The summed E-state index contributed by atoms with van der Waals surface area (Å²) in [6.07, 6.45) is 1.10. The Morgan fingerprint density at radius 3 is 3.06 bits per heavy atom. The van der Waals surface area contributed by atoms with E-state index >= 15 is 0 Å². The zero-order valence-corrected chi connectivity index (χ0v) is 12.2. The first-order chi connectivity index (χ1) is 8.24. The molecule has 1 aliphatic heterocycles. The van der Waals surface area contributed by atoms with E-state index < -0.39 is 0 Å². The van der Waals surface area contributed by atoms with Gasteiger partial charge in [-0.2, -0.15) is 0 Å². The monoisotopic (exact) mass is 317 g/mol. The SMILES string of the molecule is CCNC(c1cccc(Br)c1Cl)C1CCOC1. The Balaban J connectivity index is 2.27. The van der Waals surface area contributed by atoms with E-state index in [0.29, 0.717) is 5.92 Å². The fraction of sp³-hybridized carbons (Fsp3) is 0.538. The molecule has 0 spiro atoms. The van der Waals surface area contributed by atoms with Crippen LogP contribution in [0.15, 0.2) is 22.7 Å². The van der Waals surface area contributed by atoms with Gasteiger partial charge in [0.1, 0.15) is 0 Å². The average molecular weight is 319 g/mol. The lowest BCUT2D eigenvalue weighted by atomic mass is 9.92. The van der Waals surface area contributed by atoms with Gasteiger partial charge in [0.05, 0.1) is 11.6 Å². The average Bonchev–Trinajstić information content (AvgIpc) is 2.84. The van der Waals surface area contributed by atoms with Crippen molar-refractivity contribution >= 4 is 27.5 Å². The summed E-state index contributed by atoms with van der Waals surface area (Å²) in [5.41, 5.74) is 1.17. The molecule has 1 fully saturated rings. The number of nitrogens with one attached hydrogen (secondary N) is 1. The number of hydrogen-bond donors (Lipinski definition) is 1. The van der Waals surface area contributed by atoms with Crippen LogP contribution in [0.3, 0.4) is 0 Å². The van der Waals surface area contributed by atoms with E-state index in [1.165, 1.54) is 5.56 Å². The van der Waals surface area contributed by atoms with Crippen LogP contribution in [0.2, 0.25) is 5.02 Å². The van der Waals surface area contributed by atoms with Crippen LogP contribution in [-0.4, -0.2) is 19.8 Å². The van der Waals surface area contributed by atoms with Gasteiger partial charge in [-0.05, 0) is 40.5 Å². The topological polar surface area (TPSA) is 21.3 Å². The Kier molecular flexibility index (Phi) is 4.86. The molecule has 0 amide bonds. The molecule has 1 aromatic rings. The Morgan fingerprint density at radius 1 is 1.59 bits per heavy atom. The minimum atomic E-state index is 0.285. The number of rotatable bonds is 4. The van der Waals surface area contributed by atoms with E-state index in [0.717, 1.165) is 35.7 Å². The van der Waals surface area contributed by atoms with Gasteiger partial charge in [-0.1, -0.05) is 30.7 Å². The van der Waals surface area contributed by atoms with Crippen molar-refractivity contribution in [3.63, 3.8) is 0 Å². The molecule has 1 heterocycles. The van der Waals surface area contributed by atoms with Gasteiger partial charge in [0.25, 0.3) is 0 Å². The molecule has 0 bridgehead atoms. The molecule has 0 aromatic heterocycles. The maximum Gasteiger partial charge on any atom is 0.0595 e. The molecule has 2 unspecified atom stereocenters. The third-order valence-corrected chi connectivity index (χ3v) is 4.49. The van der Waals surface area contributed by atoms with Gasteiger partial charge >= 0.3 is 0 Å². The second-order valence-electron chi connectivity index (χ2n) is 4.30. The summed E-state index contributed by atoms with van der Waals surface area (Å²) in [5.74, 6) is 0.516. The molecule has 94 valence electrons. The first kappa shape index (κ1) is 13.3. The van der Waals surface area contributed by atoms with E-state index in [1.807, 2.05) is 12.1 Å². The van der Waals surface area contributed by atoms with Crippen LogP contribution < -0.4 is 5.32 Å². The lowest BCUT2D eigenvalue weighted by Crippen LogP contribution is -2.28. The van der Waals surface area contributed by atoms with E-state index in [9.17, 15) is 0 Å². The summed E-state index contributed by atoms with van der Waals surface area (Å²) in [7, 11) is 0. The van der Waals surface area contributed by atoms with Crippen LogP contribution in [0.5, 0.6) is 0 Å². The number of benzene rings is 1. The highest BCUT2D eigenvalue weighted by molar-refractivity contribution is 9.10. The van der Waals surface area contributed by atoms with Gasteiger partial charge in [-0.3, -0.25) is 0 Å². The highest BCUT2D eigenvalue weighted by Crippen LogP contribution is 2.36. The Morgan fingerprint density at radius 2 is 2.41 bits per heavy atom. The third kappa shape index (κ3) is 3.02. The summed E-state index contributed by atoms with van der Waals surface area (Å²) in [5, 5.41) is 4.33. The quantitative estimate of drug-likeness (QED) is 0.912. The number of ether oxygens (including phenoxy) is 1. The summed E-state index contributed by atoms with van der Waals surface area (Å²) in [6, 6.07) is 6.39. The molecule has 2 rings (SSSR count). The molecular formula is C13H17BrClNO. The summed E-state index contributed by atoms with van der Waals surface area (Å²) in [6.45, 7) is 4.73. The molecule has 1 aliphatic rings. The summed E-state index contributed by atoms with van der Waals surface area (Å²) >= 11 is 9.86. The van der Waals surface area contributed by atoms with Gasteiger partial charge in [0.15, 0.2) is 0 Å². The normalized spacial score (nSPS) is 21.7. The summed E-state index contributed by atoms with van der Waals surface area (Å²) < 4.78 is 6.44. The third-order valence-electron chi connectivity index (χ3n) is 3.18. The van der Waals surface area contributed by atoms with Gasteiger partial charge in [-0.25, -0.2) is 0 Å². The molecule has 17 heavy (non-hydrogen) atoms. The molecule has 2 nitrogen and oxygen atoms in total. The van der Waals surface area contributed by atoms with E-state index in [2.05, 4.69) is 34.2 Å². The van der Waals surface area contributed by atoms with Crippen molar-refractivity contribution in [1.82, 2.24) is 5.32 Å². The fourth-order valence-corrected chi connectivity index (χ4v) is 2.95. The second kappa shape index (κ2) is 6.19. The van der Waals surface area contributed by atoms with Gasteiger partial charge in [0, 0.05) is 23.0 Å². The van der Waals surface area contributed by atoms with Gasteiger partial charge in [-0.15, -0.1) is 0 Å². The van der Waals surface area contributed by atoms with Crippen molar-refractivity contribution in [2.45, 2.75) is 19.4 Å². The molecule has 0 saturated carbocycles. The molecule has 2 atom stereocenters. The first-order valence-electron chi connectivity index (χ1n) is 5.99. The minimum Gasteiger partial charge on any atom is -0.381 e. The minimum absolute atomic E-state index is 0.285. The van der Waals surface area contributed by atoms with Crippen LogP contribution in [0, 0.1) is 5.92 Å². The Labute approximate surface area is 116 Å². The molecule has 1 aromatic carbocycles. The Bertz CT molecular complexity index is 380. The van der Waals surface area contributed by atoms with E-state index in [1.54, 1.807) is 0 Å². The number of hydrogen-bond acceptors (Lipinski definition) is 2. The van der Waals surface area contributed by atoms with Crippen molar-refractivity contribution in [3.05, 3.63) is 33.3 Å². The summed E-state index contributed by atoms with van der Waals surface area (Å²) in [4.78, 5) is 0. The zero-order chi connectivity index (χ0) is 12.3. The highest BCUT2D eigenvalue weighted by atomic mass is 79.9. The van der Waals surface area contributed by atoms with Crippen molar-refractivity contribution in [1.29, 1.82) is 0 Å². The smallest absolute Gasteiger partial charge is 0.0595 e. The second-order valence-corrected chi connectivity index (χ2v) is 5.53. The van der Waals surface area contributed by atoms with Crippen LogP contribution in [0.4, 0.5) is 0 Å². The lowest BCUT2D eigenvalue weighted by Gasteiger charge is -2.25. The predicted molar refractivity (Wildman–Crippen MR) is 74.5 cm³/mol. The molecule has 0 aliphatic carbocycles. The van der Waals surface area contributed by atoms with E-state index in [-0.39, 0.29) is 6.04 Å². The lowest BCUT2D eigenvalue weighted by molar-refractivity contribution is 0.177. The predicted octanol–water partition coefficient (Wildman–Crippen LogP) is 3.79. The van der Waals surface area contributed by atoms with Gasteiger partial charge < -0.3 is 10.1 Å². The highest BCUT2D eigenvalue weighted by Gasteiger charge is 2.28. The van der Waals surface area contributed by atoms with Gasteiger partial charge in [0.2, 0.25) is 0 Å². The van der Waals surface area contributed by atoms with E-state index in [4.69, 9.17) is 16.3 Å². The zero-order valence-electron chi connectivity index (χ0n) is 9.88. The van der Waals surface area contributed by atoms with Crippen molar-refractivity contribution in [3.8, 4) is 0 Å². The molecule has 0 radical (unpaired) electrons. The van der Waals surface area contributed by atoms with Crippen molar-refractivity contribution in [2.75, 3.05) is 19.8 Å². The molecule has 1 N–H and O–H groups in total. The number of halogens is 2. The molecule has 1 saturated heterocycles. The van der Waals surface area contributed by atoms with Crippen LogP contribution in [0.25, 0.3) is 0 Å². The fourth-order valence-electron chi connectivity index (χ4n) is 2.33. The first-order valence-corrected chi connectivity index (χ1v) is 7.16. The Hall–Kier alpha value is -0.0900.